The second kappa shape index (κ2) is 9.25. The second-order valence-electron chi connectivity index (χ2n) is 9.73. The summed E-state index contributed by atoms with van der Waals surface area (Å²) >= 11 is 0. The first-order valence-electron chi connectivity index (χ1n) is 11.5. The molecule has 33 heavy (non-hydrogen) atoms. The molecule has 2 aliphatic rings. The summed E-state index contributed by atoms with van der Waals surface area (Å²) in [5.41, 5.74) is 7.36. The van der Waals surface area contributed by atoms with Gasteiger partial charge < -0.3 is 26.0 Å². The number of nitrogens with two attached hydrogens (primary N) is 1. The van der Waals surface area contributed by atoms with Crippen molar-refractivity contribution in [2.75, 3.05) is 23.7 Å². The summed E-state index contributed by atoms with van der Waals surface area (Å²) in [6, 6.07) is 8.52. The van der Waals surface area contributed by atoms with Crippen molar-refractivity contribution in [2.45, 2.75) is 64.0 Å². The number of carbonyl (C=O) groups excluding carboxylic acids is 2. The molecule has 0 bridgehead atoms. The summed E-state index contributed by atoms with van der Waals surface area (Å²) in [4.78, 5) is 34.4. The highest BCUT2D eigenvalue weighted by molar-refractivity contribution is 5.97. The molecule has 2 amide bonds. The zero-order valence-corrected chi connectivity index (χ0v) is 19.4. The average molecular weight is 453 g/mol. The normalized spacial score (nSPS) is 16.9. The SMILES string of the molecule is CC(C)(C)OC(=O)N1CCC(c2ccc(Nc3ncc(C(N)=O)c(NC4CC4)n3)cc2)CC1. The number of amides is 2. The Bertz CT molecular complexity index is 1010. The van der Waals surface area contributed by atoms with E-state index in [4.69, 9.17) is 10.5 Å². The number of nitrogens with zero attached hydrogens (tertiary/aromatic N) is 3. The molecule has 1 aromatic carbocycles. The topological polar surface area (TPSA) is 122 Å². The Hall–Kier alpha value is -3.36. The van der Waals surface area contributed by atoms with Crippen molar-refractivity contribution in [3.05, 3.63) is 41.6 Å². The van der Waals surface area contributed by atoms with Gasteiger partial charge in [0.05, 0.1) is 5.56 Å². The van der Waals surface area contributed by atoms with Crippen LogP contribution in [0, 0.1) is 0 Å². The van der Waals surface area contributed by atoms with E-state index >= 15 is 0 Å². The predicted molar refractivity (Wildman–Crippen MR) is 127 cm³/mol. The third-order valence-electron chi connectivity index (χ3n) is 5.76. The Balaban J connectivity index is 1.35. The number of hydrogen-bond acceptors (Lipinski definition) is 7. The molecule has 4 rings (SSSR count). The lowest BCUT2D eigenvalue weighted by molar-refractivity contribution is 0.0204. The summed E-state index contributed by atoms with van der Waals surface area (Å²) in [5, 5.41) is 6.43. The van der Waals surface area contributed by atoms with Crippen LogP contribution in [-0.2, 0) is 4.74 Å². The van der Waals surface area contributed by atoms with E-state index in [9.17, 15) is 9.59 Å². The third kappa shape index (κ3) is 6.12. The standard InChI is InChI=1S/C24H32N6O3/c1-24(2,3)33-23(32)30-12-10-16(11-13-30)15-4-6-18(7-5-15)28-22-26-14-19(20(25)31)21(29-22)27-17-8-9-17/h4-7,14,16-17H,8-13H2,1-3H3,(H2,25,31)(H2,26,27,28,29). The number of aromatic nitrogens is 2. The van der Waals surface area contributed by atoms with Crippen molar-refractivity contribution in [1.82, 2.24) is 14.9 Å². The van der Waals surface area contributed by atoms with Gasteiger partial charge in [0.25, 0.3) is 5.91 Å². The fourth-order valence-corrected chi connectivity index (χ4v) is 3.84. The highest BCUT2D eigenvalue weighted by Crippen LogP contribution is 2.30. The second-order valence-corrected chi connectivity index (χ2v) is 9.73. The first kappa shape index (κ1) is 22.8. The summed E-state index contributed by atoms with van der Waals surface area (Å²) in [5.74, 6) is 0.724. The van der Waals surface area contributed by atoms with Gasteiger partial charge >= 0.3 is 6.09 Å². The molecule has 0 atom stereocenters. The minimum absolute atomic E-state index is 0.238. The van der Waals surface area contributed by atoms with Crippen LogP contribution in [0.2, 0.25) is 0 Å². The molecule has 4 N–H and O–H groups in total. The predicted octanol–water partition coefficient (Wildman–Crippen LogP) is 4.01. The maximum absolute atomic E-state index is 12.3. The van der Waals surface area contributed by atoms with Crippen molar-refractivity contribution in [1.29, 1.82) is 0 Å². The Labute approximate surface area is 194 Å². The Morgan fingerprint density at radius 2 is 1.76 bits per heavy atom. The van der Waals surface area contributed by atoms with E-state index in [-0.39, 0.29) is 6.09 Å². The monoisotopic (exact) mass is 452 g/mol. The molecule has 1 aliphatic carbocycles. The van der Waals surface area contributed by atoms with Crippen LogP contribution >= 0.6 is 0 Å². The average Bonchev–Trinajstić information content (AvgIpc) is 3.57. The maximum Gasteiger partial charge on any atom is 0.410 e. The van der Waals surface area contributed by atoms with Gasteiger partial charge in [-0.2, -0.15) is 4.98 Å². The van der Waals surface area contributed by atoms with E-state index in [2.05, 4.69) is 32.7 Å². The number of likely N-dealkylation sites (tertiary alicyclic amines) is 1. The molecule has 176 valence electrons. The molecule has 1 aliphatic heterocycles. The van der Waals surface area contributed by atoms with Gasteiger partial charge in [-0.1, -0.05) is 12.1 Å². The fourth-order valence-electron chi connectivity index (χ4n) is 3.84. The van der Waals surface area contributed by atoms with Crippen LogP contribution in [-0.4, -0.2) is 51.6 Å². The quantitative estimate of drug-likeness (QED) is 0.605. The van der Waals surface area contributed by atoms with Gasteiger partial charge in [-0.25, -0.2) is 9.78 Å². The van der Waals surface area contributed by atoms with E-state index in [1.807, 2.05) is 32.9 Å². The van der Waals surface area contributed by atoms with Crippen LogP contribution in [0.4, 0.5) is 22.2 Å². The lowest BCUT2D eigenvalue weighted by Gasteiger charge is -2.33. The fraction of sp³-hybridized carbons (Fsp3) is 0.500. The molecule has 0 unspecified atom stereocenters. The van der Waals surface area contributed by atoms with Gasteiger partial charge in [0.2, 0.25) is 5.95 Å². The molecular formula is C24H32N6O3. The number of hydrogen-bond donors (Lipinski definition) is 3. The summed E-state index contributed by atoms with van der Waals surface area (Å²) in [7, 11) is 0. The van der Waals surface area contributed by atoms with Gasteiger partial charge in [0.1, 0.15) is 11.4 Å². The molecule has 2 fully saturated rings. The van der Waals surface area contributed by atoms with Gasteiger partial charge in [-0.3, -0.25) is 4.79 Å². The first-order chi connectivity index (χ1) is 15.7. The van der Waals surface area contributed by atoms with E-state index in [0.29, 0.717) is 42.4 Å². The largest absolute Gasteiger partial charge is 0.444 e. The van der Waals surface area contributed by atoms with Crippen LogP contribution in [0.5, 0.6) is 0 Å². The van der Waals surface area contributed by atoms with Crippen LogP contribution < -0.4 is 16.4 Å². The Kier molecular flexibility index (Phi) is 6.40. The van der Waals surface area contributed by atoms with E-state index in [1.54, 1.807) is 4.90 Å². The molecule has 2 aromatic rings. The highest BCUT2D eigenvalue weighted by atomic mass is 16.6. The van der Waals surface area contributed by atoms with Crippen molar-refractivity contribution in [2.24, 2.45) is 5.73 Å². The van der Waals surface area contributed by atoms with Crippen LogP contribution in [0.25, 0.3) is 0 Å². The zero-order chi connectivity index (χ0) is 23.6. The number of anilines is 3. The number of carbonyl (C=O) groups is 2. The number of piperidine rings is 1. The van der Waals surface area contributed by atoms with E-state index < -0.39 is 11.5 Å². The molecule has 2 heterocycles. The Morgan fingerprint density at radius 1 is 1.09 bits per heavy atom. The van der Waals surface area contributed by atoms with Crippen molar-refractivity contribution < 1.29 is 14.3 Å². The van der Waals surface area contributed by atoms with E-state index in [1.165, 1.54) is 11.8 Å². The van der Waals surface area contributed by atoms with Gasteiger partial charge in [0, 0.05) is 31.0 Å². The molecule has 1 saturated carbocycles. The zero-order valence-electron chi connectivity index (χ0n) is 19.4. The lowest BCUT2D eigenvalue weighted by atomic mass is 9.89. The van der Waals surface area contributed by atoms with Crippen molar-refractivity contribution in [3.63, 3.8) is 0 Å². The number of ether oxygens (including phenoxy) is 1. The van der Waals surface area contributed by atoms with Crippen molar-refractivity contribution in [3.8, 4) is 0 Å². The minimum atomic E-state index is -0.549. The number of benzene rings is 1. The first-order valence-corrected chi connectivity index (χ1v) is 11.5. The van der Waals surface area contributed by atoms with Crippen LogP contribution in [0.15, 0.2) is 30.5 Å². The molecular weight excluding hydrogens is 420 g/mol. The number of nitrogens with one attached hydrogen (secondary N) is 2. The van der Waals surface area contributed by atoms with Crippen LogP contribution in [0.3, 0.4) is 0 Å². The molecule has 9 nitrogen and oxygen atoms in total. The van der Waals surface area contributed by atoms with Gasteiger partial charge in [-0.05, 0) is 70.1 Å². The summed E-state index contributed by atoms with van der Waals surface area (Å²) < 4.78 is 5.48. The summed E-state index contributed by atoms with van der Waals surface area (Å²) in [6.45, 7) is 7.03. The molecule has 0 radical (unpaired) electrons. The van der Waals surface area contributed by atoms with E-state index in [0.717, 1.165) is 31.4 Å². The van der Waals surface area contributed by atoms with Gasteiger partial charge in [0.15, 0.2) is 0 Å². The summed E-state index contributed by atoms with van der Waals surface area (Å²) in [6.07, 6.45) is 5.14. The number of primary amides is 1. The molecule has 0 spiro atoms. The highest BCUT2D eigenvalue weighted by Gasteiger charge is 2.27. The molecule has 9 heteroatoms. The third-order valence-corrected chi connectivity index (χ3v) is 5.76. The number of rotatable bonds is 6. The minimum Gasteiger partial charge on any atom is -0.444 e. The molecule has 1 aromatic heterocycles. The lowest BCUT2D eigenvalue weighted by Crippen LogP contribution is -2.41. The smallest absolute Gasteiger partial charge is 0.410 e. The Morgan fingerprint density at radius 3 is 2.33 bits per heavy atom. The van der Waals surface area contributed by atoms with Crippen molar-refractivity contribution >= 4 is 29.5 Å². The molecule has 1 saturated heterocycles. The maximum atomic E-state index is 12.3. The van der Waals surface area contributed by atoms with Gasteiger partial charge in [-0.15, -0.1) is 0 Å². The van der Waals surface area contributed by atoms with Crippen LogP contribution in [0.1, 0.15) is 68.3 Å².